The quantitative estimate of drug-likeness (QED) is 0.593. The van der Waals surface area contributed by atoms with Gasteiger partial charge >= 0.3 is 5.97 Å². The van der Waals surface area contributed by atoms with Gasteiger partial charge in [0.15, 0.2) is 6.21 Å². The summed E-state index contributed by atoms with van der Waals surface area (Å²) in [5, 5.41) is 14.0. The van der Waals surface area contributed by atoms with E-state index < -0.39 is 5.92 Å². The van der Waals surface area contributed by atoms with Crippen LogP contribution in [0.1, 0.15) is 37.2 Å². The van der Waals surface area contributed by atoms with Crippen LogP contribution in [0.2, 0.25) is 0 Å². The van der Waals surface area contributed by atoms with Gasteiger partial charge in [0, 0.05) is 42.8 Å². The van der Waals surface area contributed by atoms with Gasteiger partial charge in [0.25, 0.3) is 0 Å². The lowest BCUT2D eigenvalue weighted by Crippen LogP contribution is -2.26. The summed E-state index contributed by atoms with van der Waals surface area (Å²) in [4.78, 5) is 13.0. The lowest BCUT2D eigenvalue weighted by atomic mass is 9.75. The van der Waals surface area contributed by atoms with Crippen LogP contribution in [0.25, 0.3) is 10.9 Å². The van der Waals surface area contributed by atoms with Crippen molar-refractivity contribution in [2.24, 2.45) is 13.0 Å². The monoisotopic (exact) mass is 392 g/mol. The molecule has 1 saturated heterocycles. The highest BCUT2D eigenvalue weighted by molar-refractivity contribution is 5.93. The predicted octanol–water partition coefficient (Wildman–Crippen LogP) is 3.28. The molecule has 0 radical (unpaired) electrons. The molecule has 0 saturated carbocycles. The minimum Gasteiger partial charge on any atom is -0.860 e. The number of hydrogen-bond donors (Lipinski definition) is 0. The number of hydrogen-bond acceptors (Lipinski definition) is 3. The summed E-state index contributed by atoms with van der Waals surface area (Å²) in [6.45, 7) is 2.15. The summed E-state index contributed by atoms with van der Waals surface area (Å²) in [6, 6.07) is 7.68. The Morgan fingerprint density at radius 2 is 2.07 bits per heavy atom. The van der Waals surface area contributed by atoms with Crippen molar-refractivity contribution in [1.29, 1.82) is 0 Å². The van der Waals surface area contributed by atoms with Crippen LogP contribution in [-0.2, 0) is 16.6 Å². The van der Waals surface area contributed by atoms with Crippen molar-refractivity contribution in [1.82, 2.24) is 4.57 Å². The van der Waals surface area contributed by atoms with Crippen molar-refractivity contribution in [3.63, 3.8) is 0 Å². The van der Waals surface area contributed by atoms with Gasteiger partial charge in [-0.05, 0) is 35.9 Å². The number of aryl methyl sites for hydroxylation is 1. The average molecular weight is 392 g/mol. The molecule has 152 valence electrons. The first-order chi connectivity index (χ1) is 14.1. The van der Waals surface area contributed by atoms with E-state index in [2.05, 4.69) is 29.0 Å². The van der Waals surface area contributed by atoms with E-state index in [4.69, 9.17) is 4.74 Å². The predicted molar refractivity (Wildman–Crippen MR) is 112 cm³/mol. The molecule has 1 aromatic carbocycles. The van der Waals surface area contributed by atoms with Crippen LogP contribution in [0.15, 0.2) is 48.1 Å². The number of allylic oxidation sites excluding steroid dienone is 4. The molecule has 29 heavy (non-hydrogen) atoms. The molecule has 0 amide bonds. The largest absolute Gasteiger partial charge is 0.860 e. The highest BCUT2D eigenvalue weighted by Gasteiger charge is 2.36. The van der Waals surface area contributed by atoms with Crippen LogP contribution < -0.4 is 5.11 Å². The van der Waals surface area contributed by atoms with Gasteiger partial charge in [0.1, 0.15) is 13.1 Å². The van der Waals surface area contributed by atoms with Gasteiger partial charge in [0.2, 0.25) is 0 Å². The number of esters is 1. The zero-order valence-electron chi connectivity index (χ0n) is 17.1. The Balaban J connectivity index is 1.82. The summed E-state index contributed by atoms with van der Waals surface area (Å²) in [5.74, 6) is -1.14. The van der Waals surface area contributed by atoms with Gasteiger partial charge in [-0.15, -0.1) is 0 Å². The fraction of sp³-hybridized carbons (Fsp3) is 0.417. The van der Waals surface area contributed by atoms with Crippen molar-refractivity contribution in [3.8, 4) is 5.88 Å². The molecule has 5 heteroatoms. The third-order valence-corrected chi connectivity index (χ3v) is 6.26. The van der Waals surface area contributed by atoms with E-state index in [1.54, 1.807) is 11.6 Å². The van der Waals surface area contributed by atoms with Crippen molar-refractivity contribution < 1.29 is 19.2 Å². The van der Waals surface area contributed by atoms with Crippen molar-refractivity contribution >= 4 is 23.1 Å². The van der Waals surface area contributed by atoms with E-state index in [0.29, 0.717) is 5.56 Å². The molecule has 5 nitrogen and oxygen atoms in total. The van der Waals surface area contributed by atoms with E-state index >= 15 is 0 Å². The molecule has 0 bridgehead atoms. The van der Waals surface area contributed by atoms with E-state index in [9.17, 15) is 9.90 Å². The second kappa shape index (κ2) is 8.27. The number of aromatic nitrogens is 1. The van der Waals surface area contributed by atoms with Crippen molar-refractivity contribution in [2.45, 2.75) is 31.6 Å². The van der Waals surface area contributed by atoms with Crippen LogP contribution >= 0.6 is 0 Å². The number of carbonyl (C=O) groups is 1. The minimum atomic E-state index is -0.609. The summed E-state index contributed by atoms with van der Waals surface area (Å²) in [7, 11) is 3.17. The molecule has 1 aliphatic heterocycles. The third-order valence-electron chi connectivity index (χ3n) is 6.26. The minimum absolute atomic E-state index is 0.0789. The summed E-state index contributed by atoms with van der Waals surface area (Å²) in [6.07, 6.45) is 12.7. The number of nitrogens with zero attached hydrogens (tertiary/aromatic N) is 2. The fourth-order valence-corrected chi connectivity index (χ4v) is 4.72. The molecule has 1 fully saturated rings. The number of benzene rings is 1. The summed E-state index contributed by atoms with van der Waals surface area (Å²) >= 11 is 0. The first-order valence-corrected chi connectivity index (χ1v) is 10.4. The van der Waals surface area contributed by atoms with Gasteiger partial charge in [-0.2, -0.15) is 0 Å². The topological polar surface area (TPSA) is 57.3 Å². The average Bonchev–Trinajstić information content (AvgIpc) is 3.36. The number of carbonyl (C=O) groups excluding carboxylic acids is 1. The molecule has 1 aliphatic carbocycles. The molecule has 4 rings (SSSR count). The Kier molecular flexibility index (Phi) is 5.56. The van der Waals surface area contributed by atoms with Gasteiger partial charge in [-0.25, -0.2) is 4.58 Å². The third kappa shape index (κ3) is 3.61. The van der Waals surface area contributed by atoms with E-state index in [1.807, 2.05) is 24.3 Å². The van der Waals surface area contributed by atoms with Crippen LogP contribution in [0.4, 0.5) is 0 Å². The number of fused-ring (bicyclic) bond motifs is 1. The normalized spacial score (nSPS) is 21.7. The van der Waals surface area contributed by atoms with E-state index in [0.717, 1.165) is 42.4 Å². The maximum Gasteiger partial charge on any atom is 0.313 e. The Labute approximate surface area is 171 Å². The molecule has 0 N–H and O–H groups in total. The molecule has 2 heterocycles. The van der Waals surface area contributed by atoms with Crippen molar-refractivity contribution in [3.05, 3.63) is 53.6 Å². The smallest absolute Gasteiger partial charge is 0.313 e. The second-order valence-corrected chi connectivity index (χ2v) is 7.94. The number of ether oxygens (including phenoxy) is 1. The first kappa shape index (κ1) is 19.5. The maximum atomic E-state index is 13.2. The number of methoxy groups -OCH3 is 1. The zero-order chi connectivity index (χ0) is 20.4. The Hall–Kier alpha value is -2.82. The Morgan fingerprint density at radius 3 is 2.83 bits per heavy atom. The molecule has 2 unspecified atom stereocenters. The highest BCUT2D eigenvalue weighted by Crippen LogP contribution is 2.44. The van der Waals surface area contributed by atoms with Gasteiger partial charge in [0.05, 0.1) is 13.0 Å². The highest BCUT2D eigenvalue weighted by atomic mass is 16.5. The van der Waals surface area contributed by atoms with E-state index in [-0.39, 0.29) is 17.8 Å². The molecule has 2 aromatic rings. The van der Waals surface area contributed by atoms with Crippen molar-refractivity contribution in [2.75, 3.05) is 20.2 Å². The Morgan fingerprint density at radius 1 is 1.31 bits per heavy atom. The lowest BCUT2D eigenvalue weighted by molar-refractivity contribution is -0.500. The first-order valence-electron chi connectivity index (χ1n) is 10.4. The summed E-state index contributed by atoms with van der Waals surface area (Å²) < 4.78 is 9.15. The maximum absolute atomic E-state index is 13.2. The van der Waals surface area contributed by atoms with Crippen LogP contribution in [0.5, 0.6) is 5.88 Å². The van der Waals surface area contributed by atoms with Gasteiger partial charge in [-0.3, -0.25) is 4.79 Å². The number of rotatable bonds is 4. The molecule has 1 aromatic heterocycles. The molecule has 0 spiro atoms. The number of para-hydroxylation sites is 1. The van der Waals surface area contributed by atoms with Gasteiger partial charge < -0.3 is 14.4 Å². The SMILES string of the molecule is COC(=O)C(c1c([O-])n(C)c2ccccc12)C1CCC=C/C1=C\C=[N+]1CCCC1. The second-order valence-electron chi connectivity index (χ2n) is 7.94. The van der Waals surface area contributed by atoms with Crippen LogP contribution in [0, 0.1) is 5.92 Å². The molecule has 2 aliphatic rings. The molecule has 2 atom stereocenters. The lowest BCUT2D eigenvalue weighted by Gasteiger charge is -2.30. The zero-order valence-corrected chi connectivity index (χ0v) is 17.1. The van der Waals surface area contributed by atoms with Crippen LogP contribution in [-0.4, -0.2) is 41.5 Å². The van der Waals surface area contributed by atoms with Crippen LogP contribution in [0.3, 0.4) is 0 Å². The standard InChI is InChI=1S/C24H28N2O3/c1-25-20-12-6-5-11-19(20)21(23(25)27)22(24(28)29-2)18-10-4-3-9-17(18)13-16-26-14-7-8-15-26/h3,5-6,9,11-13,16,18,22H,4,7-8,10,14-15H2,1-2H3/b17-13+. The Bertz CT molecular complexity index is 1000. The molecular weight excluding hydrogens is 364 g/mol. The molecular formula is C24H28N2O3. The fourth-order valence-electron chi connectivity index (χ4n) is 4.72. The van der Waals surface area contributed by atoms with E-state index in [1.165, 1.54) is 20.0 Å². The summed E-state index contributed by atoms with van der Waals surface area (Å²) in [5.41, 5.74) is 2.50. The van der Waals surface area contributed by atoms with Gasteiger partial charge in [-0.1, -0.05) is 30.4 Å².